The second-order valence-corrected chi connectivity index (χ2v) is 2.82. The highest BCUT2D eigenvalue weighted by molar-refractivity contribution is 5.93. The fraction of sp³-hybridized carbons (Fsp3) is 0.300. The summed E-state index contributed by atoms with van der Waals surface area (Å²) in [4.78, 5) is 16.2. The van der Waals surface area contributed by atoms with Crippen molar-refractivity contribution in [3.63, 3.8) is 0 Å². The summed E-state index contributed by atoms with van der Waals surface area (Å²) in [7, 11) is 1.54. The van der Waals surface area contributed by atoms with Crippen LogP contribution in [0.4, 0.5) is 0 Å². The molecule has 2 N–H and O–H groups in total. The molecule has 15 heavy (non-hydrogen) atoms. The fourth-order valence-corrected chi connectivity index (χ4v) is 0.948. The molecule has 0 aliphatic rings. The van der Waals surface area contributed by atoms with Crippen molar-refractivity contribution in [2.24, 2.45) is 0 Å². The lowest BCUT2D eigenvalue weighted by Gasteiger charge is -2.05. The minimum absolute atomic E-state index is 0.0412. The van der Waals surface area contributed by atoms with Gasteiger partial charge in [0.2, 0.25) is 0 Å². The summed E-state index contributed by atoms with van der Waals surface area (Å²) >= 11 is 0. The van der Waals surface area contributed by atoms with E-state index in [-0.39, 0.29) is 12.4 Å². The Kier molecular flexibility index (Phi) is 4.59. The van der Waals surface area contributed by atoms with Crippen LogP contribution < -0.4 is 5.48 Å². The quantitative estimate of drug-likeness (QED) is 0.555. The van der Waals surface area contributed by atoms with Crippen molar-refractivity contribution in [3.05, 3.63) is 29.8 Å². The average molecular weight is 211 g/mol. The Balaban J connectivity index is 2.40. The zero-order valence-corrected chi connectivity index (χ0v) is 8.40. The number of hydrogen-bond donors (Lipinski definition) is 2. The molecule has 0 spiro atoms. The van der Waals surface area contributed by atoms with E-state index in [0.717, 1.165) is 0 Å². The first kappa shape index (κ1) is 11.5. The Morgan fingerprint density at radius 3 is 2.93 bits per heavy atom. The van der Waals surface area contributed by atoms with Crippen molar-refractivity contribution in [3.8, 4) is 5.75 Å². The van der Waals surface area contributed by atoms with Crippen LogP contribution in [0.15, 0.2) is 24.3 Å². The Hall–Kier alpha value is -1.59. The predicted octanol–water partition coefficient (Wildman–Crippen LogP) is 0.700. The lowest BCUT2D eigenvalue weighted by molar-refractivity contribution is 0.00887. The first-order valence-electron chi connectivity index (χ1n) is 4.44. The number of methoxy groups -OCH3 is 1. The van der Waals surface area contributed by atoms with Crippen molar-refractivity contribution in [2.75, 3.05) is 20.3 Å². The van der Waals surface area contributed by atoms with Gasteiger partial charge in [-0.25, -0.2) is 5.48 Å². The first-order valence-corrected chi connectivity index (χ1v) is 4.44. The van der Waals surface area contributed by atoms with Crippen LogP contribution in [0.3, 0.4) is 0 Å². The van der Waals surface area contributed by atoms with Gasteiger partial charge in [0.15, 0.2) is 0 Å². The molecule has 1 amide bonds. The maximum atomic E-state index is 11.4. The third-order valence-corrected chi connectivity index (χ3v) is 1.66. The first-order chi connectivity index (χ1) is 7.24. The number of carbonyl (C=O) groups is 1. The van der Waals surface area contributed by atoms with Gasteiger partial charge in [0, 0.05) is 12.7 Å². The Morgan fingerprint density at radius 1 is 1.47 bits per heavy atom. The van der Waals surface area contributed by atoms with Crippen LogP contribution in [-0.2, 0) is 9.57 Å². The molecule has 1 rings (SSSR count). The Bertz CT molecular complexity index is 327. The molecule has 5 heteroatoms. The molecule has 0 bridgehead atoms. The van der Waals surface area contributed by atoms with Crippen LogP contribution in [0.5, 0.6) is 5.75 Å². The van der Waals surface area contributed by atoms with Crippen LogP contribution in [0, 0.1) is 0 Å². The van der Waals surface area contributed by atoms with Gasteiger partial charge < -0.3 is 9.84 Å². The molecule has 0 aliphatic carbocycles. The molecule has 0 atom stereocenters. The van der Waals surface area contributed by atoms with Gasteiger partial charge >= 0.3 is 0 Å². The zero-order chi connectivity index (χ0) is 11.1. The molecule has 0 saturated carbocycles. The monoisotopic (exact) mass is 211 g/mol. The van der Waals surface area contributed by atoms with Crippen LogP contribution >= 0.6 is 0 Å². The fourth-order valence-electron chi connectivity index (χ4n) is 0.948. The number of rotatable bonds is 5. The van der Waals surface area contributed by atoms with E-state index in [0.29, 0.717) is 12.2 Å². The maximum absolute atomic E-state index is 11.4. The molecule has 0 radical (unpaired) electrons. The normalized spacial score (nSPS) is 9.93. The van der Waals surface area contributed by atoms with Gasteiger partial charge in [-0.3, -0.25) is 9.63 Å². The Labute approximate surface area is 87.6 Å². The second-order valence-electron chi connectivity index (χ2n) is 2.82. The van der Waals surface area contributed by atoms with Crippen LogP contribution in [0.2, 0.25) is 0 Å². The predicted molar refractivity (Wildman–Crippen MR) is 53.4 cm³/mol. The van der Waals surface area contributed by atoms with Crippen molar-refractivity contribution in [2.45, 2.75) is 0 Å². The number of ether oxygens (including phenoxy) is 1. The van der Waals surface area contributed by atoms with E-state index in [9.17, 15) is 4.79 Å². The summed E-state index contributed by atoms with van der Waals surface area (Å²) in [5, 5.41) is 9.13. The van der Waals surface area contributed by atoms with E-state index in [1.807, 2.05) is 0 Å². The number of benzene rings is 1. The summed E-state index contributed by atoms with van der Waals surface area (Å²) in [6, 6.07) is 6.01. The van der Waals surface area contributed by atoms with E-state index in [1.54, 1.807) is 19.2 Å². The van der Waals surface area contributed by atoms with Gasteiger partial charge in [-0.2, -0.15) is 0 Å². The highest BCUT2D eigenvalue weighted by Gasteiger charge is 2.05. The van der Waals surface area contributed by atoms with Gasteiger partial charge in [-0.05, 0) is 18.2 Å². The van der Waals surface area contributed by atoms with Gasteiger partial charge in [-0.1, -0.05) is 6.07 Å². The highest BCUT2D eigenvalue weighted by Crippen LogP contribution is 2.10. The van der Waals surface area contributed by atoms with E-state index in [4.69, 9.17) is 14.7 Å². The number of phenols is 1. The van der Waals surface area contributed by atoms with Crippen LogP contribution in [-0.4, -0.2) is 31.3 Å². The summed E-state index contributed by atoms with van der Waals surface area (Å²) < 4.78 is 4.73. The lowest BCUT2D eigenvalue weighted by atomic mass is 10.2. The molecule has 0 saturated heterocycles. The number of phenolic OH excluding ortho intramolecular Hbond substituents is 1. The third kappa shape index (κ3) is 3.97. The van der Waals surface area contributed by atoms with E-state index in [2.05, 4.69) is 5.48 Å². The molecular weight excluding hydrogens is 198 g/mol. The minimum Gasteiger partial charge on any atom is -0.508 e. The van der Waals surface area contributed by atoms with E-state index in [1.165, 1.54) is 12.1 Å². The third-order valence-electron chi connectivity index (χ3n) is 1.66. The summed E-state index contributed by atoms with van der Waals surface area (Å²) in [5.74, 6) is -0.360. The zero-order valence-electron chi connectivity index (χ0n) is 8.40. The van der Waals surface area contributed by atoms with Gasteiger partial charge in [0.05, 0.1) is 13.2 Å². The standard InChI is InChI=1S/C10H13NO4/c1-14-5-6-15-11-10(13)8-3-2-4-9(12)7-8/h2-4,7,12H,5-6H2,1H3,(H,11,13). The van der Waals surface area contributed by atoms with Crippen molar-refractivity contribution >= 4 is 5.91 Å². The molecule has 1 aromatic rings. The van der Waals surface area contributed by atoms with Crippen molar-refractivity contribution in [1.29, 1.82) is 0 Å². The van der Waals surface area contributed by atoms with Gasteiger partial charge in [0.1, 0.15) is 5.75 Å². The molecule has 1 aromatic carbocycles. The Morgan fingerprint density at radius 2 is 2.27 bits per heavy atom. The average Bonchev–Trinajstić information content (AvgIpc) is 2.24. The topological polar surface area (TPSA) is 67.8 Å². The molecular formula is C10H13NO4. The number of aromatic hydroxyl groups is 1. The van der Waals surface area contributed by atoms with Crippen molar-refractivity contribution < 1.29 is 19.5 Å². The van der Waals surface area contributed by atoms with E-state index >= 15 is 0 Å². The molecule has 0 unspecified atom stereocenters. The molecule has 0 aromatic heterocycles. The SMILES string of the molecule is COCCONC(=O)c1cccc(O)c1. The largest absolute Gasteiger partial charge is 0.508 e. The molecule has 0 fully saturated rings. The highest BCUT2D eigenvalue weighted by atomic mass is 16.7. The molecule has 0 aliphatic heterocycles. The number of carbonyl (C=O) groups excluding carboxylic acids is 1. The smallest absolute Gasteiger partial charge is 0.274 e. The minimum atomic E-state index is -0.401. The van der Waals surface area contributed by atoms with Gasteiger partial charge in [0.25, 0.3) is 5.91 Å². The van der Waals surface area contributed by atoms with Crippen molar-refractivity contribution in [1.82, 2.24) is 5.48 Å². The number of nitrogens with one attached hydrogen (secondary N) is 1. The molecule has 5 nitrogen and oxygen atoms in total. The lowest BCUT2D eigenvalue weighted by Crippen LogP contribution is -2.25. The molecule has 0 heterocycles. The number of amides is 1. The van der Waals surface area contributed by atoms with Crippen LogP contribution in [0.1, 0.15) is 10.4 Å². The number of hydroxylamine groups is 1. The summed E-state index contributed by atoms with van der Waals surface area (Å²) in [5.41, 5.74) is 2.57. The van der Waals surface area contributed by atoms with Gasteiger partial charge in [-0.15, -0.1) is 0 Å². The summed E-state index contributed by atoms with van der Waals surface area (Å²) in [6.07, 6.45) is 0. The van der Waals surface area contributed by atoms with E-state index < -0.39 is 5.91 Å². The summed E-state index contributed by atoms with van der Waals surface area (Å²) in [6.45, 7) is 0.682. The maximum Gasteiger partial charge on any atom is 0.274 e. The van der Waals surface area contributed by atoms with Crippen LogP contribution in [0.25, 0.3) is 0 Å². The number of hydrogen-bond acceptors (Lipinski definition) is 4. The molecule has 82 valence electrons. The second kappa shape index (κ2) is 6.00.